The Hall–Kier alpha value is -3.64. The lowest BCUT2D eigenvalue weighted by molar-refractivity contribution is 0.0951. The molecule has 1 aromatic heterocycles. The fraction of sp³-hybridized carbons (Fsp3) is 0.115. The molecule has 0 aliphatic carbocycles. The summed E-state index contributed by atoms with van der Waals surface area (Å²) in [6.45, 7) is 2.54. The van der Waals surface area contributed by atoms with E-state index in [1.807, 2.05) is 30.5 Å². The summed E-state index contributed by atoms with van der Waals surface area (Å²) in [6.07, 6.45) is 5.62. The van der Waals surface area contributed by atoms with Crippen LogP contribution in [-0.4, -0.2) is 22.1 Å². The summed E-state index contributed by atoms with van der Waals surface area (Å²) < 4.78 is 0. The highest BCUT2D eigenvalue weighted by Crippen LogP contribution is 2.20. The fourth-order valence-electron chi connectivity index (χ4n) is 3.18. The topological polar surface area (TPSA) is 66.9 Å². The molecule has 4 rings (SSSR count). The zero-order valence-corrected chi connectivity index (χ0v) is 18.8. The van der Waals surface area contributed by atoms with Gasteiger partial charge in [-0.25, -0.2) is 9.97 Å². The van der Waals surface area contributed by atoms with E-state index in [0.717, 1.165) is 22.4 Å². The average molecular weight is 441 g/mol. The van der Waals surface area contributed by atoms with E-state index in [9.17, 15) is 4.79 Å². The largest absolute Gasteiger partial charge is 0.348 e. The first-order valence-electron chi connectivity index (χ1n) is 10.3. The highest BCUT2D eigenvalue weighted by molar-refractivity contribution is 7.98. The normalized spacial score (nSPS) is 10.6. The minimum absolute atomic E-state index is 0.127. The van der Waals surface area contributed by atoms with E-state index in [1.54, 1.807) is 36.3 Å². The van der Waals surface area contributed by atoms with Crippen molar-refractivity contribution in [1.29, 1.82) is 0 Å². The molecule has 0 spiro atoms. The van der Waals surface area contributed by atoms with Crippen LogP contribution >= 0.6 is 11.8 Å². The molecule has 5 nitrogen and oxygen atoms in total. The molecular weight excluding hydrogens is 416 g/mol. The molecule has 4 aromatic rings. The maximum absolute atomic E-state index is 12.6. The van der Waals surface area contributed by atoms with Gasteiger partial charge in [0.05, 0.1) is 0 Å². The quantitative estimate of drug-likeness (QED) is 0.353. The number of hydrogen-bond acceptors (Lipinski definition) is 5. The van der Waals surface area contributed by atoms with Crippen LogP contribution in [0.2, 0.25) is 0 Å². The summed E-state index contributed by atoms with van der Waals surface area (Å²) >= 11 is 1.70. The molecule has 2 N–H and O–H groups in total. The minimum atomic E-state index is -0.127. The monoisotopic (exact) mass is 440 g/mol. The zero-order valence-electron chi connectivity index (χ0n) is 18.0. The number of nitrogens with zero attached hydrogens (tertiary/aromatic N) is 2. The van der Waals surface area contributed by atoms with Gasteiger partial charge in [-0.3, -0.25) is 4.79 Å². The van der Waals surface area contributed by atoms with E-state index >= 15 is 0 Å². The van der Waals surface area contributed by atoms with Crippen molar-refractivity contribution in [2.24, 2.45) is 0 Å². The number of amides is 1. The lowest BCUT2D eigenvalue weighted by Gasteiger charge is -2.09. The number of benzene rings is 3. The van der Waals surface area contributed by atoms with Gasteiger partial charge in [0.1, 0.15) is 0 Å². The van der Waals surface area contributed by atoms with Gasteiger partial charge in [-0.15, -0.1) is 11.8 Å². The maximum atomic E-state index is 12.6. The molecule has 0 saturated carbocycles. The number of thioether (sulfide) groups is 1. The average Bonchev–Trinajstić information content (AvgIpc) is 2.84. The standard InChI is InChI=1S/C26H24N4OS/c1-18-6-10-20(11-7-18)22-16-28-26(29-17-22)30-23-5-3-4-21(14-23)25(31)27-15-19-8-12-24(32-2)13-9-19/h3-14,16-17H,15H2,1-2H3,(H,27,31)(H,28,29,30). The van der Waals surface area contributed by atoms with Crippen molar-refractivity contribution in [3.05, 3.63) is 102 Å². The smallest absolute Gasteiger partial charge is 0.251 e. The van der Waals surface area contributed by atoms with Crippen LogP contribution in [0, 0.1) is 6.92 Å². The summed E-state index contributed by atoms with van der Waals surface area (Å²) in [5, 5.41) is 6.14. The van der Waals surface area contributed by atoms with Gasteiger partial charge in [-0.05, 0) is 54.6 Å². The van der Waals surface area contributed by atoms with Crippen molar-refractivity contribution >= 4 is 29.3 Å². The third-order valence-corrected chi connectivity index (χ3v) is 5.77. The number of nitrogens with one attached hydrogen (secondary N) is 2. The molecule has 0 bridgehead atoms. The molecule has 0 atom stereocenters. The molecule has 32 heavy (non-hydrogen) atoms. The fourth-order valence-corrected chi connectivity index (χ4v) is 3.59. The van der Waals surface area contributed by atoms with E-state index < -0.39 is 0 Å². The molecule has 6 heteroatoms. The van der Waals surface area contributed by atoms with Crippen molar-refractivity contribution < 1.29 is 4.79 Å². The van der Waals surface area contributed by atoms with Crippen molar-refractivity contribution in [2.75, 3.05) is 11.6 Å². The second kappa shape index (κ2) is 10.1. The summed E-state index contributed by atoms with van der Waals surface area (Å²) in [6, 6.07) is 23.7. The van der Waals surface area contributed by atoms with Crippen molar-refractivity contribution in [3.63, 3.8) is 0 Å². The van der Waals surface area contributed by atoms with Gasteiger partial charge in [-0.2, -0.15) is 0 Å². The van der Waals surface area contributed by atoms with Crippen LogP contribution in [0.15, 0.2) is 90.1 Å². The van der Waals surface area contributed by atoms with Gasteiger partial charge in [0.2, 0.25) is 5.95 Å². The highest BCUT2D eigenvalue weighted by atomic mass is 32.2. The number of carbonyl (C=O) groups is 1. The van der Waals surface area contributed by atoms with Gasteiger partial charge in [-0.1, -0.05) is 48.0 Å². The maximum Gasteiger partial charge on any atom is 0.251 e. The van der Waals surface area contributed by atoms with E-state index in [1.165, 1.54) is 10.5 Å². The predicted octanol–water partition coefficient (Wildman–Crippen LogP) is 5.85. The molecule has 0 unspecified atom stereocenters. The Morgan fingerprint density at radius 3 is 2.31 bits per heavy atom. The van der Waals surface area contributed by atoms with E-state index in [2.05, 4.69) is 63.9 Å². The SMILES string of the molecule is CSc1ccc(CNC(=O)c2cccc(Nc3ncc(-c4ccc(C)cc4)cn3)c2)cc1. The molecule has 1 amide bonds. The number of rotatable bonds is 7. The third kappa shape index (κ3) is 5.53. The summed E-state index contributed by atoms with van der Waals surface area (Å²) in [5.74, 6) is 0.352. The van der Waals surface area contributed by atoms with Crippen LogP contribution in [0.4, 0.5) is 11.6 Å². The van der Waals surface area contributed by atoms with E-state index in [4.69, 9.17) is 0 Å². The van der Waals surface area contributed by atoms with Crippen LogP contribution in [0.1, 0.15) is 21.5 Å². The van der Waals surface area contributed by atoms with Crippen LogP contribution < -0.4 is 10.6 Å². The minimum Gasteiger partial charge on any atom is -0.348 e. The first-order chi connectivity index (χ1) is 15.6. The van der Waals surface area contributed by atoms with E-state index in [-0.39, 0.29) is 5.91 Å². The predicted molar refractivity (Wildman–Crippen MR) is 131 cm³/mol. The van der Waals surface area contributed by atoms with Crippen molar-refractivity contribution in [2.45, 2.75) is 18.4 Å². The summed E-state index contributed by atoms with van der Waals surface area (Å²) in [4.78, 5) is 22.6. The second-order valence-corrected chi connectivity index (χ2v) is 8.28. The molecule has 0 aliphatic rings. The van der Waals surface area contributed by atoms with Crippen LogP contribution in [-0.2, 0) is 6.54 Å². The number of aromatic nitrogens is 2. The van der Waals surface area contributed by atoms with Gasteiger partial charge in [0, 0.05) is 40.6 Å². The van der Waals surface area contributed by atoms with Gasteiger partial charge in [0.25, 0.3) is 5.91 Å². The Morgan fingerprint density at radius 1 is 0.906 bits per heavy atom. The number of hydrogen-bond donors (Lipinski definition) is 2. The van der Waals surface area contributed by atoms with Crippen molar-refractivity contribution in [1.82, 2.24) is 15.3 Å². The Balaban J connectivity index is 1.38. The number of aryl methyl sites for hydroxylation is 1. The summed E-state index contributed by atoms with van der Waals surface area (Å²) in [5.41, 5.74) is 5.63. The van der Waals surface area contributed by atoms with Crippen molar-refractivity contribution in [3.8, 4) is 11.1 Å². The van der Waals surface area contributed by atoms with Crippen LogP contribution in [0.25, 0.3) is 11.1 Å². The molecule has 0 fully saturated rings. The summed E-state index contributed by atoms with van der Waals surface area (Å²) in [7, 11) is 0. The lowest BCUT2D eigenvalue weighted by atomic mass is 10.1. The molecule has 3 aromatic carbocycles. The number of carbonyl (C=O) groups excluding carboxylic acids is 1. The lowest BCUT2D eigenvalue weighted by Crippen LogP contribution is -2.22. The molecule has 0 aliphatic heterocycles. The molecular formula is C26H24N4OS. The highest BCUT2D eigenvalue weighted by Gasteiger charge is 2.08. The van der Waals surface area contributed by atoms with E-state index in [0.29, 0.717) is 18.1 Å². The Morgan fingerprint density at radius 2 is 1.62 bits per heavy atom. The zero-order chi connectivity index (χ0) is 22.3. The second-order valence-electron chi connectivity index (χ2n) is 7.40. The van der Waals surface area contributed by atoms with Gasteiger partial charge >= 0.3 is 0 Å². The Kier molecular flexibility index (Phi) is 6.82. The van der Waals surface area contributed by atoms with Crippen LogP contribution in [0.5, 0.6) is 0 Å². The molecule has 160 valence electrons. The molecule has 0 saturated heterocycles. The first kappa shape index (κ1) is 21.6. The Bertz CT molecular complexity index is 1190. The van der Waals surface area contributed by atoms with Crippen LogP contribution in [0.3, 0.4) is 0 Å². The third-order valence-electron chi connectivity index (χ3n) is 5.03. The Labute approximate surface area is 192 Å². The van der Waals surface area contributed by atoms with Gasteiger partial charge < -0.3 is 10.6 Å². The van der Waals surface area contributed by atoms with Gasteiger partial charge in [0.15, 0.2) is 0 Å². The first-order valence-corrected chi connectivity index (χ1v) is 11.5. The molecule has 1 heterocycles. The molecule has 0 radical (unpaired) electrons. The number of anilines is 2.